The molecule has 0 spiro atoms. The van der Waals surface area contributed by atoms with E-state index in [0.29, 0.717) is 18.3 Å². The van der Waals surface area contributed by atoms with Crippen LogP contribution in [0, 0.1) is 0 Å². The number of pyridine rings is 1. The van der Waals surface area contributed by atoms with Crippen LogP contribution in [0.2, 0.25) is 5.28 Å². The zero-order chi connectivity index (χ0) is 16.8. The fourth-order valence-corrected chi connectivity index (χ4v) is 2.34. The zero-order valence-corrected chi connectivity index (χ0v) is 13.9. The highest BCUT2D eigenvalue weighted by Gasteiger charge is 2.15. The van der Waals surface area contributed by atoms with Gasteiger partial charge in [-0.05, 0) is 41.8 Å². The first kappa shape index (κ1) is 16.1. The average molecular weight is 342 g/mol. The minimum absolute atomic E-state index is 0.184. The number of hydrogen-bond acceptors (Lipinski definition) is 7. The molecule has 0 unspecified atom stereocenters. The van der Waals surface area contributed by atoms with Crippen molar-refractivity contribution in [1.29, 1.82) is 0 Å². The Hall–Kier alpha value is -2.80. The highest BCUT2D eigenvalue weighted by atomic mass is 35.5. The predicted molar refractivity (Wildman–Crippen MR) is 93.6 cm³/mol. The van der Waals surface area contributed by atoms with Crippen molar-refractivity contribution in [3.8, 4) is 0 Å². The van der Waals surface area contributed by atoms with E-state index < -0.39 is 0 Å². The van der Waals surface area contributed by atoms with Gasteiger partial charge in [-0.1, -0.05) is 6.07 Å². The van der Waals surface area contributed by atoms with Crippen molar-refractivity contribution in [3.63, 3.8) is 0 Å². The lowest BCUT2D eigenvalue weighted by Crippen LogP contribution is -2.24. The van der Waals surface area contributed by atoms with Crippen LogP contribution in [-0.4, -0.2) is 38.5 Å². The lowest BCUT2D eigenvalue weighted by Gasteiger charge is -2.22. The van der Waals surface area contributed by atoms with Crippen LogP contribution in [0.5, 0.6) is 0 Å². The van der Waals surface area contributed by atoms with Crippen LogP contribution >= 0.6 is 11.6 Å². The van der Waals surface area contributed by atoms with E-state index in [4.69, 9.17) is 11.6 Å². The maximum atomic E-state index is 5.94. The standard InChI is InChI=1S/C16H16ClN7/c1-18-13-4-8-21-16(22-13)24(14-5-9-20-15(17)23-14)10-6-12-3-2-7-19-11-12/h2-5,7-9,11H,6,10H2,1H3,(H,18,21,22). The number of nitrogens with zero attached hydrogens (tertiary/aromatic N) is 6. The Bertz CT molecular complexity index is 797. The quantitative estimate of drug-likeness (QED) is 0.690. The summed E-state index contributed by atoms with van der Waals surface area (Å²) in [6.07, 6.45) is 7.68. The van der Waals surface area contributed by atoms with Gasteiger partial charge in [-0.15, -0.1) is 0 Å². The summed E-state index contributed by atoms with van der Waals surface area (Å²) in [4.78, 5) is 23.1. The van der Waals surface area contributed by atoms with Crippen LogP contribution in [0.15, 0.2) is 49.1 Å². The summed E-state index contributed by atoms with van der Waals surface area (Å²) >= 11 is 5.94. The van der Waals surface area contributed by atoms with Crippen LogP contribution in [-0.2, 0) is 6.42 Å². The van der Waals surface area contributed by atoms with E-state index in [2.05, 4.69) is 30.2 Å². The summed E-state index contributed by atoms with van der Waals surface area (Å²) in [5.74, 6) is 1.92. The van der Waals surface area contributed by atoms with E-state index in [-0.39, 0.29) is 5.28 Å². The van der Waals surface area contributed by atoms with Crippen molar-refractivity contribution in [3.05, 3.63) is 59.9 Å². The third-order valence-electron chi connectivity index (χ3n) is 3.38. The summed E-state index contributed by atoms with van der Waals surface area (Å²) in [6, 6.07) is 7.53. The van der Waals surface area contributed by atoms with Gasteiger partial charge in [0.1, 0.15) is 11.6 Å². The topological polar surface area (TPSA) is 79.7 Å². The molecule has 0 aromatic carbocycles. The molecule has 24 heavy (non-hydrogen) atoms. The third-order valence-corrected chi connectivity index (χ3v) is 3.56. The normalized spacial score (nSPS) is 10.4. The maximum Gasteiger partial charge on any atom is 0.233 e. The van der Waals surface area contributed by atoms with Crippen molar-refractivity contribution in [2.45, 2.75) is 6.42 Å². The molecule has 0 aliphatic rings. The van der Waals surface area contributed by atoms with Crippen LogP contribution < -0.4 is 10.2 Å². The molecule has 1 N–H and O–H groups in total. The molecular formula is C16H16ClN7. The van der Waals surface area contributed by atoms with Crippen molar-refractivity contribution in [2.24, 2.45) is 0 Å². The van der Waals surface area contributed by atoms with E-state index in [0.717, 1.165) is 17.8 Å². The second-order valence-corrected chi connectivity index (χ2v) is 5.28. The van der Waals surface area contributed by atoms with Crippen LogP contribution in [0.4, 0.5) is 17.6 Å². The molecular weight excluding hydrogens is 326 g/mol. The lowest BCUT2D eigenvalue weighted by atomic mass is 10.2. The fraction of sp³-hybridized carbons (Fsp3) is 0.188. The Morgan fingerprint density at radius 1 is 1.08 bits per heavy atom. The molecule has 0 bridgehead atoms. The number of nitrogens with one attached hydrogen (secondary N) is 1. The molecule has 0 fully saturated rings. The highest BCUT2D eigenvalue weighted by molar-refractivity contribution is 6.28. The molecule has 0 aliphatic carbocycles. The van der Waals surface area contributed by atoms with Crippen LogP contribution in [0.3, 0.4) is 0 Å². The van der Waals surface area contributed by atoms with E-state index >= 15 is 0 Å². The van der Waals surface area contributed by atoms with Crippen molar-refractivity contribution >= 4 is 29.2 Å². The molecule has 0 saturated carbocycles. The SMILES string of the molecule is CNc1ccnc(N(CCc2cccnc2)c2ccnc(Cl)n2)n1. The molecule has 3 aromatic rings. The summed E-state index contributed by atoms with van der Waals surface area (Å²) in [5.41, 5.74) is 1.12. The Morgan fingerprint density at radius 3 is 2.71 bits per heavy atom. The molecule has 8 heteroatoms. The first-order chi connectivity index (χ1) is 11.8. The summed E-state index contributed by atoms with van der Waals surface area (Å²) in [5, 5.41) is 3.20. The second kappa shape index (κ2) is 7.65. The van der Waals surface area contributed by atoms with E-state index in [9.17, 15) is 0 Å². The lowest BCUT2D eigenvalue weighted by molar-refractivity contribution is 0.853. The second-order valence-electron chi connectivity index (χ2n) is 4.94. The van der Waals surface area contributed by atoms with Gasteiger partial charge < -0.3 is 5.32 Å². The number of halogens is 1. The molecule has 3 aromatic heterocycles. The Morgan fingerprint density at radius 2 is 1.96 bits per heavy atom. The largest absolute Gasteiger partial charge is 0.373 e. The molecule has 3 rings (SSSR count). The third kappa shape index (κ3) is 3.94. The molecule has 122 valence electrons. The minimum atomic E-state index is 0.184. The highest BCUT2D eigenvalue weighted by Crippen LogP contribution is 2.22. The van der Waals surface area contributed by atoms with E-state index in [1.54, 1.807) is 30.7 Å². The van der Waals surface area contributed by atoms with Gasteiger partial charge >= 0.3 is 0 Å². The molecule has 0 aliphatic heterocycles. The smallest absolute Gasteiger partial charge is 0.233 e. The van der Waals surface area contributed by atoms with Crippen molar-refractivity contribution in [1.82, 2.24) is 24.9 Å². The molecule has 0 radical (unpaired) electrons. The fourth-order valence-electron chi connectivity index (χ4n) is 2.20. The molecule has 0 saturated heterocycles. The van der Waals surface area contributed by atoms with Crippen LogP contribution in [0.25, 0.3) is 0 Å². The summed E-state index contributed by atoms with van der Waals surface area (Å²) in [7, 11) is 1.81. The van der Waals surface area contributed by atoms with Crippen LogP contribution in [0.1, 0.15) is 5.56 Å². The molecule has 0 amide bonds. The van der Waals surface area contributed by atoms with Gasteiger partial charge in [0.2, 0.25) is 11.2 Å². The van der Waals surface area contributed by atoms with Gasteiger partial charge in [0, 0.05) is 38.4 Å². The zero-order valence-electron chi connectivity index (χ0n) is 13.1. The predicted octanol–water partition coefficient (Wildman–Crippen LogP) is 2.74. The Balaban J connectivity index is 1.91. The Kier molecular flexibility index (Phi) is 5.12. The number of rotatable bonds is 6. The number of aromatic nitrogens is 5. The number of anilines is 3. The van der Waals surface area contributed by atoms with Crippen molar-refractivity contribution < 1.29 is 0 Å². The minimum Gasteiger partial charge on any atom is -0.373 e. The monoisotopic (exact) mass is 341 g/mol. The first-order valence-corrected chi connectivity index (χ1v) is 7.80. The van der Waals surface area contributed by atoms with E-state index in [1.165, 1.54) is 0 Å². The van der Waals surface area contributed by atoms with Gasteiger partial charge in [0.15, 0.2) is 0 Å². The number of hydrogen-bond donors (Lipinski definition) is 1. The molecule has 7 nitrogen and oxygen atoms in total. The van der Waals surface area contributed by atoms with Gasteiger partial charge in [-0.25, -0.2) is 15.0 Å². The first-order valence-electron chi connectivity index (χ1n) is 7.42. The van der Waals surface area contributed by atoms with E-state index in [1.807, 2.05) is 30.3 Å². The summed E-state index contributed by atoms with van der Waals surface area (Å²) < 4.78 is 0. The maximum absolute atomic E-state index is 5.94. The van der Waals surface area contributed by atoms with Gasteiger partial charge in [-0.3, -0.25) is 9.88 Å². The molecule has 0 atom stereocenters. The van der Waals surface area contributed by atoms with Gasteiger partial charge in [-0.2, -0.15) is 4.98 Å². The Labute approximate surface area is 144 Å². The van der Waals surface area contributed by atoms with Crippen molar-refractivity contribution in [2.75, 3.05) is 23.8 Å². The summed E-state index contributed by atoms with van der Waals surface area (Å²) in [6.45, 7) is 0.631. The molecule has 3 heterocycles. The van der Waals surface area contributed by atoms with Gasteiger partial charge in [0.05, 0.1) is 0 Å². The average Bonchev–Trinajstić information content (AvgIpc) is 2.63. The van der Waals surface area contributed by atoms with Gasteiger partial charge in [0.25, 0.3) is 0 Å².